The second-order valence-electron chi connectivity index (χ2n) is 6.71. The van der Waals surface area contributed by atoms with Crippen LogP contribution in [0.15, 0.2) is 33.8 Å². The van der Waals surface area contributed by atoms with Gasteiger partial charge in [-0.25, -0.2) is 4.98 Å². The van der Waals surface area contributed by atoms with Crippen LogP contribution in [0.2, 0.25) is 0 Å². The molecule has 1 amide bonds. The van der Waals surface area contributed by atoms with Crippen molar-refractivity contribution in [3.05, 3.63) is 60.5 Å². The molecule has 0 aromatic carbocycles. The van der Waals surface area contributed by atoms with Gasteiger partial charge in [-0.1, -0.05) is 0 Å². The molecule has 1 N–H and O–H groups in total. The number of carbonyl (C=O) groups is 1. The van der Waals surface area contributed by atoms with Crippen molar-refractivity contribution in [1.29, 1.82) is 0 Å². The molecule has 0 atom stereocenters. The van der Waals surface area contributed by atoms with Crippen LogP contribution < -0.4 is 5.56 Å². The average molecular weight is 430 g/mol. The molecule has 4 aromatic heterocycles. The molecule has 0 radical (unpaired) electrons. The lowest BCUT2D eigenvalue weighted by Crippen LogP contribution is -2.29. The molecular formula is C20H19N3O2S3. The van der Waals surface area contributed by atoms with E-state index in [0.29, 0.717) is 22.6 Å². The lowest BCUT2D eigenvalue weighted by molar-refractivity contribution is -0.129. The molecule has 0 unspecified atom stereocenters. The van der Waals surface area contributed by atoms with Crippen LogP contribution in [0.25, 0.3) is 20.7 Å². The monoisotopic (exact) mass is 429 g/mol. The van der Waals surface area contributed by atoms with Gasteiger partial charge in [0.25, 0.3) is 5.56 Å². The highest BCUT2D eigenvalue weighted by molar-refractivity contribution is 7.19. The second kappa shape index (κ2) is 7.62. The summed E-state index contributed by atoms with van der Waals surface area (Å²) < 4.78 is 0. The van der Waals surface area contributed by atoms with Gasteiger partial charge in [-0.2, -0.15) is 0 Å². The Bertz CT molecular complexity index is 1210. The van der Waals surface area contributed by atoms with Gasteiger partial charge in [0, 0.05) is 32.6 Å². The van der Waals surface area contributed by atoms with Gasteiger partial charge in [0.05, 0.1) is 18.4 Å². The van der Waals surface area contributed by atoms with E-state index < -0.39 is 0 Å². The van der Waals surface area contributed by atoms with E-state index in [-0.39, 0.29) is 17.9 Å². The minimum Gasteiger partial charge on any atom is -0.340 e. The van der Waals surface area contributed by atoms with Crippen molar-refractivity contribution in [3.8, 4) is 10.4 Å². The van der Waals surface area contributed by atoms with Crippen molar-refractivity contribution < 1.29 is 4.79 Å². The quantitative estimate of drug-likeness (QED) is 0.504. The maximum Gasteiger partial charge on any atom is 0.260 e. The highest BCUT2D eigenvalue weighted by Gasteiger charge is 2.17. The molecule has 4 heterocycles. The van der Waals surface area contributed by atoms with E-state index in [0.717, 1.165) is 10.4 Å². The Morgan fingerprint density at radius 3 is 2.71 bits per heavy atom. The number of aromatic amines is 1. The number of aromatic nitrogens is 2. The first-order valence-electron chi connectivity index (χ1n) is 8.76. The molecule has 0 aliphatic carbocycles. The fraction of sp³-hybridized carbons (Fsp3) is 0.250. The second-order valence-corrected chi connectivity index (χ2v) is 9.85. The van der Waals surface area contributed by atoms with E-state index in [4.69, 9.17) is 0 Å². The SMILES string of the molecule is Cc1ccc(-c2csc3nc(CC(=O)N(C)Cc4sccc4C)[nH]c(=O)c23)s1. The van der Waals surface area contributed by atoms with Gasteiger partial charge < -0.3 is 9.88 Å². The average Bonchev–Trinajstić information content (AvgIpc) is 3.35. The summed E-state index contributed by atoms with van der Waals surface area (Å²) in [7, 11) is 1.78. The number of nitrogens with one attached hydrogen (secondary N) is 1. The van der Waals surface area contributed by atoms with E-state index in [2.05, 4.69) is 16.0 Å². The van der Waals surface area contributed by atoms with Gasteiger partial charge in [-0.05, 0) is 43.0 Å². The zero-order valence-electron chi connectivity index (χ0n) is 15.7. The first-order valence-corrected chi connectivity index (χ1v) is 11.3. The van der Waals surface area contributed by atoms with Crippen molar-refractivity contribution in [2.45, 2.75) is 26.8 Å². The molecule has 0 aliphatic heterocycles. The Hall–Kier alpha value is -2.29. The first-order chi connectivity index (χ1) is 13.4. The maximum absolute atomic E-state index is 12.7. The Morgan fingerprint density at radius 1 is 1.21 bits per heavy atom. The number of aryl methyl sites for hydroxylation is 2. The summed E-state index contributed by atoms with van der Waals surface area (Å²) in [6.45, 7) is 4.65. The molecule has 0 saturated heterocycles. The Morgan fingerprint density at radius 2 is 2.04 bits per heavy atom. The Kier molecular flexibility index (Phi) is 5.18. The molecule has 8 heteroatoms. The van der Waals surface area contributed by atoms with E-state index in [1.807, 2.05) is 36.7 Å². The minimum absolute atomic E-state index is 0.0686. The standard InChI is InChI=1S/C20H19N3O2S3/c1-11-6-7-26-15(11)9-23(3)17(24)8-16-21-19(25)18-13(10-27-20(18)22-16)14-5-4-12(2)28-14/h4-7,10H,8-9H2,1-3H3,(H,21,22,25). The molecule has 0 aliphatic rings. The number of hydrogen-bond acceptors (Lipinski definition) is 6. The highest BCUT2D eigenvalue weighted by Crippen LogP contribution is 2.35. The number of nitrogens with zero attached hydrogens (tertiary/aromatic N) is 2. The Labute approximate surface area is 174 Å². The van der Waals surface area contributed by atoms with Crippen LogP contribution in [0.3, 0.4) is 0 Å². The number of carbonyl (C=O) groups excluding carboxylic acids is 1. The third-order valence-corrected chi connectivity index (χ3v) is 7.51. The van der Waals surface area contributed by atoms with Gasteiger partial charge >= 0.3 is 0 Å². The van der Waals surface area contributed by atoms with Crippen molar-refractivity contribution in [2.75, 3.05) is 7.05 Å². The van der Waals surface area contributed by atoms with Crippen LogP contribution in [-0.4, -0.2) is 27.8 Å². The summed E-state index contributed by atoms with van der Waals surface area (Å²) in [5, 5.41) is 4.60. The van der Waals surface area contributed by atoms with E-state index >= 15 is 0 Å². The van der Waals surface area contributed by atoms with Crippen LogP contribution in [0.4, 0.5) is 0 Å². The predicted molar refractivity (Wildman–Crippen MR) is 118 cm³/mol. The van der Waals surface area contributed by atoms with E-state index in [1.54, 1.807) is 34.6 Å². The normalized spacial score (nSPS) is 11.2. The van der Waals surface area contributed by atoms with Crippen LogP contribution in [0.5, 0.6) is 0 Å². The Balaban J connectivity index is 1.57. The lowest BCUT2D eigenvalue weighted by Gasteiger charge is -2.16. The van der Waals surface area contributed by atoms with Gasteiger partial charge in [-0.3, -0.25) is 9.59 Å². The third kappa shape index (κ3) is 3.67. The molecule has 0 fully saturated rings. The molecule has 4 aromatic rings. The number of fused-ring (bicyclic) bond motifs is 1. The van der Waals surface area contributed by atoms with E-state index in [1.165, 1.54) is 26.7 Å². The zero-order valence-corrected chi connectivity index (χ0v) is 18.2. The third-order valence-electron chi connectivity index (χ3n) is 4.59. The zero-order chi connectivity index (χ0) is 19.8. The van der Waals surface area contributed by atoms with Gasteiger partial charge in [-0.15, -0.1) is 34.0 Å². The number of hydrogen-bond donors (Lipinski definition) is 1. The summed E-state index contributed by atoms with van der Waals surface area (Å²) in [6, 6.07) is 6.12. The smallest absolute Gasteiger partial charge is 0.260 e. The van der Waals surface area contributed by atoms with Crippen molar-refractivity contribution in [3.63, 3.8) is 0 Å². The molecule has 0 bridgehead atoms. The number of H-pyrrole nitrogens is 1. The molecule has 28 heavy (non-hydrogen) atoms. The number of rotatable bonds is 5. The van der Waals surface area contributed by atoms with E-state index in [9.17, 15) is 9.59 Å². The van der Waals surface area contributed by atoms with Crippen molar-refractivity contribution in [1.82, 2.24) is 14.9 Å². The van der Waals surface area contributed by atoms with Gasteiger partial charge in [0.1, 0.15) is 10.7 Å². The fourth-order valence-corrected chi connectivity index (χ4v) is 5.87. The summed E-state index contributed by atoms with van der Waals surface area (Å²) >= 11 is 4.74. The summed E-state index contributed by atoms with van der Waals surface area (Å²) in [4.78, 5) is 38.4. The predicted octanol–water partition coefficient (Wildman–Crippen LogP) is 4.59. The summed E-state index contributed by atoms with van der Waals surface area (Å²) in [6.07, 6.45) is 0.0808. The van der Waals surface area contributed by atoms with Crippen LogP contribution in [0.1, 0.15) is 21.1 Å². The molecule has 0 saturated carbocycles. The minimum atomic E-state index is -0.188. The lowest BCUT2D eigenvalue weighted by atomic mass is 10.2. The van der Waals surface area contributed by atoms with Crippen LogP contribution >= 0.6 is 34.0 Å². The molecular weight excluding hydrogens is 410 g/mol. The topological polar surface area (TPSA) is 66.1 Å². The molecule has 4 rings (SSSR count). The van der Waals surface area contributed by atoms with Crippen LogP contribution in [-0.2, 0) is 17.8 Å². The maximum atomic E-state index is 12.7. The van der Waals surface area contributed by atoms with Gasteiger partial charge in [0.15, 0.2) is 0 Å². The fourth-order valence-electron chi connectivity index (χ4n) is 2.99. The first kappa shape index (κ1) is 19.0. The summed E-state index contributed by atoms with van der Waals surface area (Å²) in [5.74, 6) is 0.342. The number of amides is 1. The van der Waals surface area contributed by atoms with Crippen molar-refractivity contribution in [2.24, 2.45) is 0 Å². The largest absolute Gasteiger partial charge is 0.340 e. The molecule has 0 spiro atoms. The number of likely N-dealkylation sites (N-methyl/N-ethyl adjacent to an activating group) is 1. The van der Waals surface area contributed by atoms with Gasteiger partial charge in [0.2, 0.25) is 5.91 Å². The van der Waals surface area contributed by atoms with Crippen LogP contribution in [0, 0.1) is 13.8 Å². The summed E-state index contributed by atoms with van der Waals surface area (Å²) in [5.41, 5.74) is 1.91. The molecule has 144 valence electrons. The molecule has 5 nitrogen and oxygen atoms in total. The number of thiophene rings is 3. The highest BCUT2D eigenvalue weighted by atomic mass is 32.1. The van der Waals surface area contributed by atoms with Crippen molar-refractivity contribution >= 4 is 50.1 Å².